The van der Waals surface area contributed by atoms with Gasteiger partial charge in [0.2, 0.25) is 11.0 Å². The first-order valence-corrected chi connectivity index (χ1v) is 7.47. The molecule has 7 nitrogen and oxygen atoms in total. The Hall–Kier alpha value is -1.96. The van der Waals surface area contributed by atoms with Crippen molar-refractivity contribution in [3.63, 3.8) is 0 Å². The molecule has 0 aliphatic carbocycles. The molecule has 0 atom stereocenters. The minimum absolute atomic E-state index is 0.149. The first-order chi connectivity index (χ1) is 9.88. The minimum atomic E-state index is -0.149. The van der Waals surface area contributed by atoms with Gasteiger partial charge in [-0.2, -0.15) is 0 Å². The highest BCUT2D eigenvalue weighted by Gasteiger charge is 2.17. The Labute approximate surface area is 127 Å². The molecule has 0 saturated carbocycles. The van der Waals surface area contributed by atoms with E-state index in [1.807, 2.05) is 34.7 Å². The lowest BCUT2D eigenvalue weighted by Gasteiger charge is -2.17. The molecule has 2 heterocycles. The number of nitrogens with one attached hydrogen (secondary N) is 1. The molecule has 0 aliphatic heterocycles. The van der Waals surface area contributed by atoms with Crippen molar-refractivity contribution in [1.29, 1.82) is 0 Å². The average molecular weight is 309 g/mol. The number of nitrogens with zero attached hydrogens (tertiary/aromatic N) is 4. The van der Waals surface area contributed by atoms with E-state index in [0.29, 0.717) is 16.8 Å². The van der Waals surface area contributed by atoms with Gasteiger partial charge in [-0.3, -0.25) is 10.1 Å². The largest absolute Gasteiger partial charge is 0.361 e. The summed E-state index contributed by atoms with van der Waals surface area (Å²) in [6, 6.07) is 0. The molecule has 2 aromatic rings. The second-order valence-corrected chi connectivity index (χ2v) is 6.19. The molecule has 0 fully saturated rings. The van der Waals surface area contributed by atoms with Gasteiger partial charge in [-0.15, -0.1) is 10.2 Å². The second-order valence-electron chi connectivity index (χ2n) is 5.18. The van der Waals surface area contributed by atoms with Gasteiger partial charge in [0.25, 0.3) is 0 Å². The number of carbonyl (C=O) groups excluding carboxylic acids is 1. The van der Waals surface area contributed by atoms with Crippen LogP contribution in [0, 0.1) is 13.8 Å². The molecule has 1 N–H and O–H groups in total. The fourth-order valence-corrected chi connectivity index (χ4v) is 2.76. The maximum absolute atomic E-state index is 12.1. The molecule has 0 bridgehead atoms. The summed E-state index contributed by atoms with van der Waals surface area (Å²) in [7, 11) is 1.83. The van der Waals surface area contributed by atoms with Gasteiger partial charge in [0.05, 0.1) is 6.54 Å². The Morgan fingerprint density at radius 3 is 2.62 bits per heavy atom. The molecule has 21 heavy (non-hydrogen) atoms. The van der Waals surface area contributed by atoms with E-state index in [1.54, 1.807) is 4.90 Å². The molecule has 0 radical (unpaired) electrons. The van der Waals surface area contributed by atoms with Crippen LogP contribution in [0.5, 0.6) is 0 Å². The summed E-state index contributed by atoms with van der Waals surface area (Å²) < 4.78 is 5.10. The van der Waals surface area contributed by atoms with Crippen LogP contribution in [0.25, 0.3) is 0 Å². The van der Waals surface area contributed by atoms with E-state index in [4.69, 9.17) is 4.52 Å². The zero-order valence-corrected chi connectivity index (χ0v) is 13.6. The molecular formula is C13H19N5O2S. The van der Waals surface area contributed by atoms with Crippen LogP contribution in [0.15, 0.2) is 4.52 Å². The van der Waals surface area contributed by atoms with Crippen LogP contribution in [-0.4, -0.2) is 34.9 Å². The SMILES string of the molecule is Cc1noc(C)c1N(C)CC(=O)Nc1nnc(C(C)C)s1. The van der Waals surface area contributed by atoms with Crippen LogP contribution in [0.4, 0.5) is 10.8 Å². The molecule has 0 saturated heterocycles. The third-order valence-corrected chi connectivity index (χ3v) is 4.08. The summed E-state index contributed by atoms with van der Waals surface area (Å²) in [6.45, 7) is 7.94. The summed E-state index contributed by atoms with van der Waals surface area (Å²) in [5, 5.41) is 16.1. The first-order valence-electron chi connectivity index (χ1n) is 6.65. The number of anilines is 2. The number of hydrogen-bond donors (Lipinski definition) is 1. The van der Waals surface area contributed by atoms with Gasteiger partial charge in [-0.25, -0.2) is 0 Å². The predicted molar refractivity (Wildman–Crippen MR) is 81.9 cm³/mol. The molecular weight excluding hydrogens is 290 g/mol. The van der Waals surface area contributed by atoms with E-state index in [-0.39, 0.29) is 12.5 Å². The summed E-state index contributed by atoms with van der Waals surface area (Å²) >= 11 is 1.40. The van der Waals surface area contributed by atoms with Gasteiger partial charge < -0.3 is 9.42 Å². The van der Waals surface area contributed by atoms with Crippen LogP contribution in [-0.2, 0) is 4.79 Å². The van der Waals surface area contributed by atoms with E-state index in [2.05, 4.69) is 20.7 Å². The average Bonchev–Trinajstić information content (AvgIpc) is 2.96. The van der Waals surface area contributed by atoms with E-state index in [1.165, 1.54) is 11.3 Å². The lowest BCUT2D eigenvalue weighted by molar-refractivity contribution is -0.114. The van der Waals surface area contributed by atoms with Crippen molar-refractivity contribution in [1.82, 2.24) is 15.4 Å². The third kappa shape index (κ3) is 3.57. The highest BCUT2D eigenvalue weighted by Crippen LogP contribution is 2.24. The summed E-state index contributed by atoms with van der Waals surface area (Å²) in [6.07, 6.45) is 0. The zero-order chi connectivity index (χ0) is 15.6. The number of aromatic nitrogens is 3. The molecule has 8 heteroatoms. The predicted octanol–water partition coefficient (Wildman–Crippen LogP) is 2.34. The summed E-state index contributed by atoms with van der Waals surface area (Å²) in [5.74, 6) is 0.850. The van der Waals surface area contributed by atoms with Crippen LogP contribution >= 0.6 is 11.3 Å². The zero-order valence-electron chi connectivity index (χ0n) is 12.8. The van der Waals surface area contributed by atoms with Crippen LogP contribution < -0.4 is 10.2 Å². The quantitative estimate of drug-likeness (QED) is 0.912. The highest BCUT2D eigenvalue weighted by atomic mass is 32.1. The van der Waals surface area contributed by atoms with Crippen molar-refractivity contribution in [3.05, 3.63) is 16.5 Å². The number of carbonyl (C=O) groups is 1. The Morgan fingerprint density at radius 2 is 2.10 bits per heavy atom. The molecule has 0 aromatic carbocycles. The lowest BCUT2D eigenvalue weighted by Crippen LogP contribution is -2.30. The fraction of sp³-hybridized carbons (Fsp3) is 0.538. The van der Waals surface area contributed by atoms with E-state index in [9.17, 15) is 4.79 Å². The fourth-order valence-electron chi connectivity index (χ4n) is 1.99. The smallest absolute Gasteiger partial charge is 0.245 e. The summed E-state index contributed by atoms with van der Waals surface area (Å²) in [5.41, 5.74) is 1.60. The number of amides is 1. The second kappa shape index (κ2) is 6.21. The third-order valence-electron chi connectivity index (χ3n) is 2.94. The van der Waals surface area contributed by atoms with Gasteiger partial charge >= 0.3 is 0 Å². The molecule has 114 valence electrons. The van der Waals surface area contributed by atoms with Crippen molar-refractivity contribution in [2.75, 3.05) is 23.8 Å². The Balaban J connectivity index is 1.98. The molecule has 1 amide bonds. The van der Waals surface area contributed by atoms with E-state index in [0.717, 1.165) is 16.4 Å². The topological polar surface area (TPSA) is 84.2 Å². The van der Waals surface area contributed by atoms with E-state index >= 15 is 0 Å². The Kier molecular flexibility index (Phi) is 4.56. The van der Waals surface area contributed by atoms with Gasteiger partial charge in [0.1, 0.15) is 16.4 Å². The number of rotatable bonds is 5. The highest BCUT2D eigenvalue weighted by molar-refractivity contribution is 7.15. The Bertz CT molecular complexity index is 615. The van der Waals surface area contributed by atoms with Crippen molar-refractivity contribution in [2.45, 2.75) is 33.6 Å². The van der Waals surface area contributed by atoms with Crippen LogP contribution in [0.3, 0.4) is 0 Å². The number of hydrogen-bond acceptors (Lipinski definition) is 7. The Morgan fingerprint density at radius 1 is 1.38 bits per heavy atom. The molecule has 2 aromatic heterocycles. The monoisotopic (exact) mass is 309 g/mol. The van der Waals surface area contributed by atoms with Gasteiger partial charge in [0.15, 0.2) is 5.76 Å². The van der Waals surface area contributed by atoms with E-state index < -0.39 is 0 Å². The van der Waals surface area contributed by atoms with Crippen LogP contribution in [0.1, 0.15) is 36.2 Å². The minimum Gasteiger partial charge on any atom is -0.361 e. The maximum Gasteiger partial charge on any atom is 0.245 e. The molecule has 0 aliphatic rings. The van der Waals surface area contributed by atoms with Crippen molar-refractivity contribution < 1.29 is 9.32 Å². The molecule has 2 rings (SSSR count). The van der Waals surface area contributed by atoms with Gasteiger partial charge in [-0.1, -0.05) is 30.3 Å². The van der Waals surface area contributed by atoms with Crippen molar-refractivity contribution in [3.8, 4) is 0 Å². The maximum atomic E-state index is 12.1. The first kappa shape index (κ1) is 15.4. The van der Waals surface area contributed by atoms with Gasteiger partial charge in [0, 0.05) is 13.0 Å². The van der Waals surface area contributed by atoms with Crippen LogP contribution in [0.2, 0.25) is 0 Å². The molecule has 0 unspecified atom stereocenters. The lowest BCUT2D eigenvalue weighted by atomic mass is 10.2. The summed E-state index contributed by atoms with van der Waals surface area (Å²) in [4.78, 5) is 13.9. The standard InChI is InChI=1S/C13H19N5O2S/c1-7(2)12-15-16-13(21-12)14-10(19)6-18(5)11-8(3)17-20-9(11)4/h7H,6H2,1-5H3,(H,14,16,19). The molecule has 0 spiro atoms. The van der Waals surface area contributed by atoms with Crippen molar-refractivity contribution >= 4 is 28.1 Å². The van der Waals surface area contributed by atoms with Gasteiger partial charge in [-0.05, 0) is 13.8 Å². The number of aryl methyl sites for hydroxylation is 2. The normalized spacial score (nSPS) is 11.0. The van der Waals surface area contributed by atoms with Crippen molar-refractivity contribution in [2.24, 2.45) is 0 Å². The number of likely N-dealkylation sites (N-methyl/N-ethyl adjacent to an activating group) is 1.